The standard InChI is InChI=1S/C18H25N5/c1-2-6-17(16(5-1)20-18-7-10-19-21-18)23-13-8-15(9-14-23)22-11-3-4-12-22/h1-2,5-7,10,15H,3-4,8-9,11-14H2,(H2,19,20,21). The summed E-state index contributed by atoms with van der Waals surface area (Å²) < 4.78 is 0. The van der Waals surface area contributed by atoms with Gasteiger partial charge in [-0.2, -0.15) is 5.10 Å². The minimum Gasteiger partial charge on any atom is -0.370 e. The van der Waals surface area contributed by atoms with Gasteiger partial charge in [-0.25, -0.2) is 0 Å². The van der Waals surface area contributed by atoms with Gasteiger partial charge in [0.2, 0.25) is 0 Å². The van der Waals surface area contributed by atoms with Crippen LogP contribution in [-0.2, 0) is 0 Å². The number of H-pyrrole nitrogens is 1. The molecule has 2 N–H and O–H groups in total. The van der Waals surface area contributed by atoms with Gasteiger partial charge in [-0.05, 0) is 50.9 Å². The van der Waals surface area contributed by atoms with E-state index in [0.29, 0.717) is 0 Å². The summed E-state index contributed by atoms with van der Waals surface area (Å²) in [6.45, 7) is 4.90. The third-order valence-corrected chi connectivity index (χ3v) is 5.14. The van der Waals surface area contributed by atoms with Gasteiger partial charge in [0.05, 0.1) is 17.6 Å². The molecule has 2 aliphatic rings. The molecule has 0 saturated carbocycles. The Kier molecular flexibility index (Phi) is 4.20. The van der Waals surface area contributed by atoms with Crippen LogP contribution in [0.1, 0.15) is 25.7 Å². The van der Waals surface area contributed by atoms with Gasteiger partial charge in [-0.15, -0.1) is 0 Å². The second-order valence-electron chi connectivity index (χ2n) is 6.57. The predicted octanol–water partition coefficient (Wildman–Crippen LogP) is 3.22. The summed E-state index contributed by atoms with van der Waals surface area (Å²) >= 11 is 0. The predicted molar refractivity (Wildman–Crippen MR) is 94.4 cm³/mol. The Morgan fingerprint density at radius 3 is 2.52 bits per heavy atom. The zero-order chi connectivity index (χ0) is 15.5. The van der Waals surface area contributed by atoms with Crippen molar-refractivity contribution in [2.45, 2.75) is 31.7 Å². The molecule has 3 heterocycles. The van der Waals surface area contributed by atoms with Crippen LogP contribution < -0.4 is 10.2 Å². The van der Waals surface area contributed by atoms with Gasteiger partial charge in [0.1, 0.15) is 5.82 Å². The number of hydrogen-bond donors (Lipinski definition) is 2. The Morgan fingerprint density at radius 1 is 1.00 bits per heavy atom. The lowest BCUT2D eigenvalue weighted by atomic mass is 10.0. The summed E-state index contributed by atoms with van der Waals surface area (Å²) in [6, 6.07) is 11.3. The lowest BCUT2D eigenvalue weighted by Gasteiger charge is -2.38. The minimum atomic E-state index is 0.793. The van der Waals surface area contributed by atoms with Crippen molar-refractivity contribution in [3.63, 3.8) is 0 Å². The van der Waals surface area contributed by atoms with Gasteiger partial charge in [0.15, 0.2) is 0 Å². The molecule has 1 aromatic carbocycles. The summed E-state index contributed by atoms with van der Waals surface area (Å²) in [5.41, 5.74) is 2.44. The Labute approximate surface area is 137 Å². The van der Waals surface area contributed by atoms with Crippen molar-refractivity contribution in [3.05, 3.63) is 36.5 Å². The van der Waals surface area contributed by atoms with E-state index in [0.717, 1.165) is 30.6 Å². The van der Waals surface area contributed by atoms with Crippen LogP contribution in [0.4, 0.5) is 17.2 Å². The number of piperidine rings is 1. The Hall–Kier alpha value is -2.01. The molecule has 23 heavy (non-hydrogen) atoms. The molecule has 2 fully saturated rings. The van der Waals surface area contributed by atoms with Crippen LogP contribution in [0.25, 0.3) is 0 Å². The summed E-state index contributed by atoms with van der Waals surface area (Å²) in [7, 11) is 0. The zero-order valence-corrected chi connectivity index (χ0v) is 13.5. The van der Waals surface area contributed by atoms with E-state index < -0.39 is 0 Å². The highest BCUT2D eigenvalue weighted by molar-refractivity contribution is 5.74. The monoisotopic (exact) mass is 311 g/mol. The molecule has 1 aromatic heterocycles. The molecule has 0 unspecified atom stereocenters. The third-order valence-electron chi connectivity index (χ3n) is 5.14. The first kappa shape index (κ1) is 14.6. The molecule has 2 aliphatic heterocycles. The van der Waals surface area contributed by atoms with Crippen molar-refractivity contribution in [2.24, 2.45) is 0 Å². The van der Waals surface area contributed by atoms with Gasteiger partial charge in [-0.1, -0.05) is 12.1 Å². The summed E-state index contributed by atoms with van der Waals surface area (Å²) in [5.74, 6) is 0.935. The molecular formula is C18H25N5. The highest BCUT2D eigenvalue weighted by atomic mass is 15.2. The van der Waals surface area contributed by atoms with Crippen molar-refractivity contribution >= 4 is 17.2 Å². The molecule has 4 rings (SSSR count). The smallest absolute Gasteiger partial charge is 0.125 e. The van der Waals surface area contributed by atoms with E-state index in [1.807, 2.05) is 6.07 Å². The van der Waals surface area contributed by atoms with Crippen LogP contribution in [0.15, 0.2) is 36.5 Å². The van der Waals surface area contributed by atoms with Gasteiger partial charge in [0, 0.05) is 25.2 Å². The number of aromatic nitrogens is 2. The second kappa shape index (κ2) is 6.62. The first-order valence-corrected chi connectivity index (χ1v) is 8.74. The SMILES string of the molecule is c1ccc(N2CCC(N3CCCC3)CC2)c(Nc2ccn[nH]2)c1. The number of anilines is 3. The molecule has 0 spiro atoms. The molecule has 0 bridgehead atoms. The van der Waals surface area contributed by atoms with Gasteiger partial charge in [0.25, 0.3) is 0 Å². The normalized spacial score (nSPS) is 20.1. The number of aromatic amines is 1. The lowest BCUT2D eigenvalue weighted by molar-refractivity contribution is 0.208. The summed E-state index contributed by atoms with van der Waals surface area (Å²) in [5, 5.41) is 10.4. The van der Waals surface area contributed by atoms with Crippen LogP contribution in [0, 0.1) is 0 Å². The number of nitrogens with one attached hydrogen (secondary N) is 2. The maximum absolute atomic E-state index is 4.01. The van der Waals surface area contributed by atoms with Crippen LogP contribution in [0.3, 0.4) is 0 Å². The number of nitrogens with zero attached hydrogens (tertiary/aromatic N) is 3. The largest absolute Gasteiger partial charge is 0.370 e. The van der Waals surface area contributed by atoms with Gasteiger partial charge in [-0.3, -0.25) is 5.10 Å². The number of rotatable bonds is 4. The fourth-order valence-corrected chi connectivity index (χ4v) is 3.90. The Balaban J connectivity index is 1.44. The molecule has 0 atom stereocenters. The molecule has 0 amide bonds. The fourth-order valence-electron chi connectivity index (χ4n) is 3.90. The average Bonchev–Trinajstić information content (AvgIpc) is 3.29. The Bertz CT molecular complexity index is 610. The summed E-state index contributed by atoms with van der Waals surface area (Å²) in [4.78, 5) is 5.22. The van der Waals surface area contributed by atoms with E-state index in [1.54, 1.807) is 6.20 Å². The number of hydrogen-bond acceptors (Lipinski definition) is 4. The van der Waals surface area contributed by atoms with E-state index in [9.17, 15) is 0 Å². The zero-order valence-electron chi connectivity index (χ0n) is 13.5. The molecule has 5 nitrogen and oxygen atoms in total. The van der Waals surface area contributed by atoms with Crippen molar-refractivity contribution in [1.29, 1.82) is 0 Å². The highest BCUT2D eigenvalue weighted by Gasteiger charge is 2.27. The first-order valence-electron chi connectivity index (χ1n) is 8.74. The topological polar surface area (TPSA) is 47.2 Å². The van der Waals surface area contributed by atoms with Crippen molar-refractivity contribution in [1.82, 2.24) is 15.1 Å². The number of likely N-dealkylation sites (tertiary alicyclic amines) is 1. The maximum Gasteiger partial charge on any atom is 0.125 e. The lowest BCUT2D eigenvalue weighted by Crippen LogP contribution is -2.44. The molecule has 5 heteroatoms. The van der Waals surface area contributed by atoms with Crippen LogP contribution in [-0.4, -0.2) is 47.3 Å². The first-order chi connectivity index (χ1) is 11.4. The van der Waals surface area contributed by atoms with Crippen LogP contribution in [0.2, 0.25) is 0 Å². The fraction of sp³-hybridized carbons (Fsp3) is 0.500. The van der Waals surface area contributed by atoms with Crippen LogP contribution >= 0.6 is 0 Å². The molecular weight excluding hydrogens is 286 g/mol. The van der Waals surface area contributed by atoms with Gasteiger partial charge < -0.3 is 15.1 Å². The summed E-state index contributed by atoms with van der Waals surface area (Å²) in [6.07, 6.45) is 7.09. The molecule has 0 aliphatic carbocycles. The van der Waals surface area contributed by atoms with Crippen LogP contribution in [0.5, 0.6) is 0 Å². The number of benzene rings is 1. The molecule has 2 aromatic rings. The second-order valence-corrected chi connectivity index (χ2v) is 6.57. The molecule has 2 saturated heterocycles. The van der Waals surface area contributed by atoms with Crippen molar-refractivity contribution < 1.29 is 0 Å². The highest BCUT2D eigenvalue weighted by Crippen LogP contribution is 2.31. The minimum absolute atomic E-state index is 0.793. The van der Waals surface area contributed by atoms with E-state index >= 15 is 0 Å². The van der Waals surface area contributed by atoms with Crippen molar-refractivity contribution in [3.8, 4) is 0 Å². The molecule has 0 radical (unpaired) electrons. The third kappa shape index (κ3) is 3.20. The average molecular weight is 311 g/mol. The van der Waals surface area contributed by atoms with Crippen molar-refractivity contribution in [2.75, 3.05) is 36.4 Å². The van der Waals surface area contributed by atoms with E-state index in [-0.39, 0.29) is 0 Å². The van der Waals surface area contributed by atoms with E-state index in [1.165, 1.54) is 44.5 Å². The Morgan fingerprint density at radius 2 is 1.78 bits per heavy atom. The van der Waals surface area contributed by atoms with E-state index in [4.69, 9.17) is 0 Å². The molecule has 122 valence electrons. The van der Waals surface area contributed by atoms with Gasteiger partial charge >= 0.3 is 0 Å². The van der Waals surface area contributed by atoms with E-state index in [2.05, 4.69) is 49.6 Å². The maximum atomic E-state index is 4.01. The number of para-hydroxylation sites is 2. The quantitative estimate of drug-likeness (QED) is 0.910.